The molecule has 5 nitrogen and oxygen atoms in total. The Morgan fingerprint density at radius 2 is 1.87 bits per heavy atom. The number of ether oxygens (including phenoxy) is 2. The largest absolute Gasteiger partial charge is 0.494 e. The van der Waals surface area contributed by atoms with Crippen molar-refractivity contribution >= 4 is 23.3 Å². The smallest absolute Gasteiger partial charge is 0.392 e. The number of benzene rings is 1. The van der Waals surface area contributed by atoms with Gasteiger partial charge in [0.1, 0.15) is 10.8 Å². The van der Waals surface area contributed by atoms with Gasteiger partial charge in [0.15, 0.2) is 0 Å². The van der Waals surface area contributed by atoms with Gasteiger partial charge in [-0.25, -0.2) is 0 Å². The summed E-state index contributed by atoms with van der Waals surface area (Å²) in [5.41, 5.74) is 3.27. The number of thioether (sulfide) groups is 1. The van der Waals surface area contributed by atoms with E-state index >= 15 is 0 Å². The summed E-state index contributed by atoms with van der Waals surface area (Å²) >= 11 is 1.42. The summed E-state index contributed by atoms with van der Waals surface area (Å²) < 4.78 is 47.6. The molecule has 0 aromatic heterocycles. The number of hydrogen-bond acceptors (Lipinski definition) is 6. The molecule has 1 heterocycles. The molecule has 0 amide bonds. The number of halogens is 3. The van der Waals surface area contributed by atoms with Crippen LogP contribution in [-0.2, 0) is 22.4 Å². The van der Waals surface area contributed by atoms with Crippen LogP contribution >= 0.6 is 11.8 Å². The van der Waals surface area contributed by atoms with E-state index in [-0.39, 0.29) is 6.04 Å². The predicted molar refractivity (Wildman–Crippen MR) is 157 cm³/mol. The molecule has 0 atom stereocenters. The molecule has 0 N–H and O–H groups in total. The molecule has 9 heteroatoms. The summed E-state index contributed by atoms with van der Waals surface area (Å²) in [5.74, 6) is 0.907. The zero-order valence-electron chi connectivity index (χ0n) is 23.4. The Morgan fingerprint density at radius 3 is 2.41 bits per heavy atom. The number of alkyl halides is 3. The van der Waals surface area contributed by atoms with Crippen molar-refractivity contribution in [3.05, 3.63) is 77.3 Å². The number of allylic oxidation sites excluding steroid dienone is 4. The highest BCUT2D eigenvalue weighted by molar-refractivity contribution is 8.17. The van der Waals surface area contributed by atoms with Gasteiger partial charge in [-0.05, 0) is 68.7 Å². The maximum Gasteiger partial charge on any atom is 0.392 e. The number of nitrogens with zero attached hydrogens (tertiary/aromatic N) is 2. The molecule has 0 aliphatic carbocycles. The fraction of sp³-hybridized carbons (Fsp3) is 0.467. The predicted octanol–water partition coefficient (Wildman–Crippen LogP) is 7.34. The number of carbonyl (C=O) groups is 1. The lowest BCUT2D eigenvalue weighted by Gasteiger charge is -2.21. The molecule has 0 saturated heterocycles. The van der Waals surface area contributed by atoms with Gasteiger partial charge in [0.2, 0.25) is 0 Å². The van der Waals surface area contributed by atoms with Crippen molar-refractivity contribution in [1.82, 2.24) is 4.90 Å². The quantitative estimate of drug-likeness (QED) is 0.115. The van der Waals surface area contributed by atoms with E-state index in [9.17, 15) is 18.0 Å². The summed E-state index contributed by atoms with van der Waals surface area (Å²) in [6, 6.07) is 6.31. The number of carbonyl (C=O) groups excluding carboxylic acids is 1. The zero-order chi connectivity index (χ0) is 29.3. The lowest BCUT2D eigenvalue weighted by Crippen LogP contribution is -2.28. The van der Waals surface area contributed by atoms with Gasteiger partial charge in [0, 0.05) is 31.2 Å². The van der Waals surface area contributed by atoms with Crippen molar-refractivity contribution in [3.8, 4) is 5.75 Å². The number of hydrogen-bond donors (Lipinski definition) is 0. The lowest BCUT2D eigenvalue weighted by atomic mass is 10.0. The van der Waals surface area contributed by atoms with Crippen LogP contribution in [0.25, 0.3) is 0 Å². The number of fused-ring (bicyclic) bond motifs is 1. The van der Waals surface area contributed by atoms with Crippen molar-refractivity contribution in [2.24, 2.45) is 4.99 Å². The number of aliphatic imine (C=N–C) groups is 1. The monoisotopic (exact) mass is 566 g/mol. The molecule has 0 radical (unpaired) electrons. The first-order valence-corrected chi connectivity index (χ1v) is 13.9. The van der Waals surface area contributed by atoms with Crippen LogP contribution in [0.4, 0.5) is 13.2 Å². The van der Waals surface area contributed by atoms with E-state index in [2.05, 4.69) is 39.9 Å². The summed E-state index contributed by atoms with van der Waals surface area (Å²) in [7, 11) is 0. The Hall–Kier alpha value is -2.78. The van der Waals surface area contributed by atoms with E-state index in [1.54, 1.807) is 19.1 Å². The van der Waals surface area contributed by atoms with Crippen molar-refractivity contribution < 1.29 is 27.4 Å². The minimum atomic E-state index is -4.24. The summed E-state index contributed by atoms with van der Waals surface area (Å²) in [4.78, 5) is 17.1. The first kappa shape index (κ1) is 34.2. The molecule has 2 rings (SSSR count). The van der Waals surface area contributed by atoms with Gasteiger partial charge in [-0.3, -0.25) is 14.7 Å². The zero-order valence-corrected chi connectivity index (χ0v) is 24.2. The van der Waals surface area contributed by atoms with Crippen LogP contribution in [0.3, 0.4) is 0 Å². The molecule has 1 aromatic rings. The average Bonchev–Trinajstić information content (AvgIpc) is 3.05. The molecule has 1 aliphatic heterocycles. The topological polar surface area (TPSA) is 51.1 Å². The van der Waals surface area contributed by atoms with Crippen LogP contribution in [0.15, 0.2) is 71.1 Å². The molecule has 0 unspecified atom stereocenters. The molecule has 1 aromatic carbocycles. The molecule has 0 fully saturated rings. The second kappa shape index (κ2) is 18.5. The third-order valence-electron chi connectivity index (χ3n) is 5.33. The first-order valence-electron chi connectivity index (χ1n) is 13.0. The van der Waals surface area contributed by atoms with Gasteiger partial charge in [-0.1, -0.05) is 55.3 Å². The molecular weight excluding hydrogens is 525 g/mol. The lowest BCUT2D eigenvalue weighted by molar-refractivity contribution is -0.128. The molecule has 39 heavy (non-hydrogen) atoms. The summed E-state index contributed by atoms with van der Waals surface area (Å²) in [6.45, 7) is 19.6. The average molecular weight is 567 g/mol. The number of rotatable bonds is 12. The van der Waals surface area contributed by atoms with Crippen LogP contribution in [0.5, 0.6) is 5.75 Å². The van der Waals surface area contributed by atoms with E-state index in [0.29, 0.717) is 36.8 Å². The maximum absolute atomic E-state index is 12.6. The van der Waals surface area contributed by atoms with Gasteiger partial charge in [0.05, 0.1) is 19.6 Å². The van der Waals surface area contributed by atoms with Gasteiger partial charge in [0.25, 0.3) is 6.47 Å². The van der Waals surface area contributed by atoms with Gasteiger partial charge >= 0.3 is 6.18 Å². The Balaban J connectivity index is 0.00000139. The minimum Gasteiger partial charge on any atom is -0.494 e. The van der Waals surface area contributed by atoms with Crippen LogP contribution in [0, 0.1) is 0 Å². The fourth-order valence-electron chi connectivity index (χ4n) is 3.69. The van der Waals surface area contributed by atoms with Gasteiger partial charge < -0.3 is 9.47 Å². The Labute approximate surface area is 235 Å². The van der Waals surface area contributed by atoms with E-state index in [1.165, 1.54) is 29.0 Å². The van der Waals surface area contributed by atoms with Crippen molar-refractivity contribution in [2.75, 3.05) is 32.8 Å². The van der Waals surface area contributed by atoms with Crippen molar-refractivity contribution in [2.45, 2.75) is 59.2 Å². The van der Waals surface area contributed by atoms with Crippen LogP contribution in [0.2, 0.25) is 0 Å². The van der Waals surface area contributed by atoms with Gasteiger partial charge in [-0.15, -0.1) is 0 Å². The maximum atomic E-state index is 12.6. The minimum absolute atomic E-state index is 0.00764. The third kappa shape index (κ3) is 14.8. The highest BCUT2D eigenvalue weighted by atomic mass is 32.2. The third-order valence-corrected chi connectivity index (χ3v) is 6.28. The van der Waals surface area contributed by atoms with E-state index in [1.807, 2.05) is 26.8 Å². The van der Waals surface area contributed by atoms with E-state index < -0.39 is 12.6 Å². The van der Waals surface area contributed by atoms with E-state index in [4.69, 9.17) is 4.74 Å². The second-order valence-electron chi connectivity index (χ2n) is 8.94. The highest BCUT2D eigenvalue weighted by Crippen LogP contribution is 2.27. The van der Waals surface area contributed by atoms with Crippen molar-refractivity contribution in [3.63, 3.8) is 0 Å². The molecule has 216 valence electrons. The highest BCUT2D eigenvalue weighted by Gasteiger charge is 2.25. The normalized spacial score (nSPS) is 14.8. The van der Waals surface area contributed by atoms with E-state index in [0.717, 1.165) is 42.7 Å². The summed E-state index contributed by atoms with van der Waals surface area (Å²) in [5, 5.41) is 0.651. The van der Waals surface area contributed by atoms with Gasteiger partial charge in [-0.2, -0.15) is 13.2 Å². The van der Waals surface area contributed by atoms with Crippen LogP contribution in [0.1, 0.15) is 45.2 Å². The first-order chi connectivity index (χ1) is 18.5. The Morgan fingerprint density at radius 1 is 1.18 bits per heavy atom. The SMILES string of the molecule is C=C/C=C(\C=C/CC(F)(F)F)C(=NC(C)C)SC(=C)CN1CCc2ccc(OCC)cc2CC1.CCOC=O. The fourth-order valence-corrected chi connectivity index (χ4v) is 4.73. The Kier molecular flexibility index (Phi) is 16.2. The molecule has 0 bridgehead atoms. The van der Waals surface area contributed by atoms with Crippen LogP contribution < -0.4 is 4.74 Å². The summed E-state index contributed by atoms with van der Waals surface area (Å²) in [6.07, 6.45) is 2.50. The standard InChI is InChI=1S/C27H35F3N2OS.C3H6O2/c1-6-9-23(10-8-15-27(28,29)30)26(31-20(3)4)34-21(5)19-32-16-13-22-11-12-25(33-7-2)18-24(22)14-17-32;1-2-5-3-4/h6,8-12,18,20H,1,5,7,13-17,19H2,2-4H3;3H,2H2,1H3/b10-8-,23-9+,31-26?;. The second-order valence-corrected chi connectivity index (χ2v) is 10.1. The van der Waals surface area contributed by atoms with Crippen molar-refractivity contribution in [1.29, 1.82) is 0 Å². The molecule has 1 aliphatic rings. The van der Waals surface area contributed by atoms with Crippen LogP contribution in [-0.4, -0.2) is 61.5 Å². The molecular formula is C30H41F3N2O3S. The molecule has 0 spiro atoms. The Bertz CT molecular complexity index is 1020. The molecule has 0 saturated carbocycles.